The van der Waals surface area contributed by atoms with Crippen LogP contribution in [0.5, 0.6) is 17.2 Å². The van der Waals surface area contributed by atoms with E-state index >= 15 is 0 Å². The van der Waals surface area contributed by atoms with Gasteiger partial charge in [-0.2, -0.15) is 5.10 Å². The van der Waals surface area contributed by atoms with Crippen molar-refractivity contribution in [1.82, 2.24) is 5.43 Å². The Labute approximate surface area is 130 Å². The van der Waals surface area contributed by atoms with E-state index in [2.05, 4.69) is 15.4 Å². The molecule has 0 aromatic heterocycles. The van der Waals surface area contributed by atoms with Gasteiger partial charge in [-0.25, -0.2) is 0 Å². The quantitative estimate of drug-likeness (QED) is 0.938. The zero-order valence-electron chi connectivity index (χ0n) is 13.0. The topological polar surface area (TPSA) is 46.1 Å². The maximum Gasteiger partial charge on any atom is 0.134 e. The van der Waals surface area contributed by atoms with Crippen LogP contribution in [0.1, 0.15) is 12.5 Å². The van der Waals surface area contributed by atoms with Crippen molar-refractivity contribution < 1.29 is 9.47 Å². The summed E-state index contributed by atoms with van der Waals surface area (Å²) >= 11 is 0. The molecule has 2 aromatic carbocycles. The second-order valence-electron chi connectivity index (χ2n) is 5.08. The van der Waals surface area contributed by atoms with E-state index in [9.17, 15) is 0 Å². The highest BCUT2D eigenvalue weighted by molar-refractivity contribution is 5.96. The first-order chi connectivity index (χ1) is 10.7. The Bertz CT molecular complexity index is 696. The number of hydrazone groups is 1. The van der Waals surface area contributed by atoms with Crippen molar-refractivity contribution in [2.24, 2.45) is 5.10 Å². The monoisotopic (exact) mass is 297 g/mol. The molecule has 0 radical (unpaired) electrons. The van der Waals surface area contributed by atoms with Gasteiger partial charge < -0.3 is 14.4 Å². The van der Waals surface area contributed by atoms with Gasteiger partial charge in [0.1, 0.15) is 29.8 Å². The Balaban J connectivity index is 1.78. The molecule has 0 aliphatic carbocycles. The van der Waals surface area contributed by atoms with E-state index in [1.54, 1.807) is 7.11 Å². The van der Waals surface area contributed by atoms with Crippen LogP contribution in [-0.4, -0.2) is 19.6 Å². The molecule has 5 nitrogen and oxygen atoms in total. The van der Waals surface area contributed by atoms with Crippen LogP contribution in [0.15, 0.2) is 47.6 Å². The van der Waals surface area contributed by atoms with Crippen molar-refractivity contribution >= 4 is 11.5 Å². The lowest BCUT2D eigenvalue weighted by Crippen LogP contribution is -2.27. The fourth-order valence-corrected chi connectivity index (χ4v) is 2.42. The lowest BCUT2D eigenvalue weighted by atomic mass is 10.2. The summed E-state index contributed by atoms with van der Waals surface area (Å²) in [4.78, 5) is 2.10. The average Bonchev–Trinajstić information content (AvgIpc) is 2.96. The molecule has 2 aromatic rings. The molecule has 0 amide bonds. The third kappa shape index (κ3) is 2.70. The van der Waals surface area contributed by atoms with Crippen LogP contribution >= 0.6 is 0 Å². The molecular formula is C17H19N3O2. The Morgan fingerprint density at radius 2 is 1.77 bits per heavy atom. The number of nitrogens with zero attached hydrogens (tertiary/aromatic N) is 2. The number of benzene rings is 2. The van der Waals surface area contributed by atoms with Crippen molar-refractivity contribution in [3.8, 4) is 17.2 Å². The first-order valence-electron chi connectivity index (χ1n) is 7.15. The second kappa shape index (κ2) is 5.97. The van der Waals surface area contributed by atoms with Crippen molar-refractivity contribution in [3.05, 3.63) is 48.0 Å². The summed E-state index contributed by atoms with van der Waals surface area (Å²) in [7, 11) is 1.66. The zero-order chi connectivity index (χ0) is 15.5. The third-order valence-corrected chi connectivity index (χ3v) is 3.69. The number of amidine groups is 1. The molecule has 114 valence electrons. The standard InChI is InChI=1S/C17H19N3O2/c1-12-16(21-3)5-4-6-17(12)22-15-9-7-14(8-10-15)20-11-18-19-13(20)2/h4-10,18H,11H2,1-3H3. The van der Waals surface area contributed by atoms with Crippen LogP contribution in [0.25, 0.3) is 0 Å². The molecule has 1 heterocycles. The molecule has 3 rings (SSSR count). The number of methoxy groups -OCH3 is 1. The van der Waals surface area contributed by atoms with E-state index in [0.717, 1.165) is 34.3 Å². The highest BCUT2D eigenvalue weighted by Gasteiger charge is 2.14. The minimum Gasteiger partial charge on any atom is -0.496 e. The Kier molecular flexibility index (Phi) is 3.87. The Hall–Kier alpha value is -2.69. The maximum absolute atomic E-state index is 5.95. The molecule has 0 saturated carbocycles. The van der Waals surface area contributed by atoms with Gasteiger partial charge in [0.05, 0.1) is 7.11 Å². The van der Waals surface area contributed by atoms with Crippen molar-refractivity contribution in [1.29, 1.82) is 0 Å². The number of ether oxygens (including phenoxy) is 2. The second-order valence-corrected chi connectivity index (χ2v) is 5.08. The SMILES string of the molecule is COc1cccc(Oc2ccc(N3CNN=C3C)cc2)c1C. The number of nitrogens with one attached hydrogen (secondary N) is 1. The van der Waals surface area contributed by atoms with E-state index in [4.69, 9.17) is 9.47 Å². The predicted octanol–water partition coefficient (Wildman–Crippen LogP) is 3.50. The third-order valence-electron chi connectivity index (χ3n) is 3.69. The maximum atomic E-state index is 5.95. The fourth-order valence-electron chi connectivity index (χ4n) is 2.42. The minimum atomic E-state index is 0.695. The molecule has 5 heteroatoms. The lowest BCUT2D eigenvalue weighted by molar-refractivity contribution is 0.404. The summed E-state index contributed by atoms with van der Waals surface area (Å²) < 4.78 is 11.3. The average molecular weight is 297 g/mol. The molecule has 22 heavy (non-hydrogen) atoms. The number of anilines is 1. The summed E-state index contributed by atoms with van der Waals surface area (Å²) in [6.07, 6.45) is 0. The molecule has 0 saturated heterocycles. The molecule has 0 spiro atoms. The van der Waals surface area contributed by atoms with Crippen LogP contribution in [0.3, 0.4) is 0 Å². The van der Waals surface area contributed by atoms with E-state index in [-0.39, 0.29) is 0 Å². The van der Waals surface area contributed by atoms with Crippen LogP contribution in [0.2, 0.25) is 0 Å². The number of rotatable bonds is 4. The van der Waals surface area contributed by atoms with E-state index in [1.807, 2.05) is 56.3 Å². The van der Waals surface area contributed by atoms with Crippen molar-refractivity contribution in [2.45, 2.75) is 13.8 Å². The van der Waals surface area contributed by atoms with Gasteiger partial charge in [-0.05, 0) is 50.2 Å². The molecule has 0 bridgehead atoms. The van der Waals surface area contributed by atoms with Gasteiger partial charge in [0.25, 0.3) is 0 Å². The molecule has 0 unspecified atom stereocenters. The van der Waals surface area contributed by atoms with Gasteiger partial charge in [0.15, 0.2) is 0 Å². The predicted molar refractivity (Wildman–Crippen MR) is 87.8 cm³/mol. The summed E-state index contributed by atoms with van der Waals surface area (Å²) in [6, 6.07) is 13.7. The summed E-state index contributed by atoms with van der Waals surface area (Å²) in [6.45, 7) is 4.66. The van der Waals surface area contributed by atoms with Crippen LogP contribution in [0.4, 0.5) is 5.69 Å². The van der Waals surface area contributed by atoms with Gasteiger partial charge in [0, 0.05) is 11.3 Å². The van der Waals surface area contributed by atoms with Gasteiger partial charge in [-0.1, -0.05) is 6.07 Å². The summed E-state index contributed by atoms with van der Waals surface area (Å²) in [5.41, 5.74) is 5.03. The summed E-state index contributed by atoms with van der Waals surface area (Å²) in [5, 5.41) is 4.16. The smallest absolute Gasteiger partial charge is 0.134 e. The number of hydrogen-bond acceptors (Lipinski definition) is 5. The largest absolute Gasteiger partial charge is 0.496 e. The van der Waals surface area contributed by atoms with Crippen LogP contribution < -0.4 is 19.8 Å². The zero-order valence-corrected chi connectivity index (χ0v) is 13.0. The van der Waals surface area contributed by atoms with Gasteiger partial charge >= 0.3 is 0 Å². The van der Waals surface area contributed by atoms with Crippen LogP contribution in [-0.2, 0) is 0 Å². The van der Waals surface area contributed by atoms with Crippen LogP contribution in [0, 0.1) is 6.92 Å². The number of hydrogen-bond donors (Lipinski definition) is 1. The minimum absolute atomic E-state index is 0.695. The first-order valence-corrected chi connectivity index (χ1v) is 7.15. The van der Waals surface area contributed by atoms with E-state index in [1.165, 1.54) is 0 Å². The Morgan fingerprint density at radius 3 is 2.41 bits per heavy atom. The molecule has 0 fully saturated rings. The van der Waals surface area contributed by atoms with Gasteiger partial charge in [-0.15, -0.1) is 0 Å². The van der Waals surface area contributed by atoms with Crippen molar-refractivity contribution in [2.75, 3.05) is 18.7 Å². The molecule has 1 aliphatic heterocycles. The van der Waals surface area contributed by atoms with Gasteiger partial charge in [0.2, 0.25) is 0 Å². The molecule has 1 N–H and O–H groups in total. The lowest BCUT2D eigenvalue weighted by Gasteiger charge is -2.17. The highest BCUT2D eigenvalue weighted by atomic mass is 16.5. The van der Waals surface area contributed by atoms with E-state index < -0.39 is 0 Å². The normalized spacial score (nSPS) is 13.6. The first kappa shape index (κ1) is 14.3. The van der Waals surface area contributed by atoms with Crippen molar-refractivity contribution in [3.63, 3.8) is 0 Å². The molecular weight excluding hydrogens is 278 g/mol. The molecule has 0 atom stereocenters. The van der Waals surface area contributed by atoms with E-state index in [0.29, 0.717) is 6.67 Å². The highest BCUT2D eigenvalue weighted by Crippen LogP contribution is 2.31. The Morgan fingerprint density at radius 1 is 1.05 bits per heavy atom. The fraction of sp³-hybridized carbons (Fsp3) is 0.235. The summed E-state index contributed by atoms with van der Waals surface area (Å²) in [5.74, 6) is 3.37. The molecule has 1 aliphatic rings. The van der Waals surface area contributed by atoms with Gasteiger partial charge in [-0.3, -0.25) is 5.43 Å².